The first kappa shape index (κ1) is 19.7. The SMILES string of the molecule is COCCCN(Cc1ccccc1C)C[C@@H](O)COCc1ccco1. The predicted molar refractivity (Wildman–Crippen MR) is 97.3 cm³/mol. The normalized spacial score (nSPS) is 12.6. The monoisotopic (exact) mass is 347 g/mol. The molecule has 0 aliphatic heterocycles. The first-order valence-electron chi connectivity index (χ1n) is 8.73. The summed E-state index contributed by atoms with van der Waals surface area (Å²) in [5.74, 6) is 0.768. The van der Waals surface area contributed by atoms with Crippen LogP contribution in [0.15, 0.2) is 47.1 Å². The van der Waals surface area contributed by atoms with Crippen LogP contribution in [0.4, 0.5) is 0 Å². The van der Waals surface area contributed by atoms with E-state index in [2.05, 4.69) is 30.0 Å². The number of hydrogen-bond acceptors (Lipinski definition) is 5. The van der Waals surface area contributed by atoms with E-state index in [4.69, 9.17) is 13.9 Å². The first-order chi connectivity index (χ1) is 12.2. The molecule has 0 saturated heterocycles. The minimum Gasteiger partial charge on any atom is -0.467 e. The van der Waals surface area contributed by atoms with Crippen molar-refractivity contribution in [1.82, 2.24) is 4.90 Å². The van der Waals surface area contributed by atoms with Crippen LogP contribution in [-0.2, 0) is 22.6 Å². The molecule has 2 rings (SSSR count). The lowest BCUT2D eigenvalue weighted by atomic mass is 10.1. The van der Waals surface area contributed by atoms with Crippen LogP contribution >= 0.6 is 0 Å². The Hall–Kier alpha value is -1.66. The van der Waals surface area contributed by atoms with E-state index >= 15 is 0 Å². The van der Waals surface area contributed by atoms with Gasteiger partial charge in [-0.2, -0.15) is 0 Å². The second-order valence-electron chi connectivity index (χ2n) is 6.26. The van der Waals surface area contributed by atoms with Crippen molar-refractivity contribution < 1.29 is 19.0 Å². The van der Waals surface area contributed by atoms with Crippen molar-refractivity contribution in [2.45, 2.75) is 32.6 Å². The van der Waals surface area contributed by atoms with Gasteiger partial charge in [0.05, 0.1) is 19.0 Å². The number of aliphatic hydroxyl groups is 1. The van der Waals surface area contributed by atoms with E-state index < -0.39 is 6.10 Å². The Morgan fingerprint density at radius 3 is 2.76 bits per heavy atom. The number of furan rings is 1. The fraction of sp³-hybridized carbons (Fsp3) is 0.500. The molecule has 5 heteroatoms. The summed E-state index contributed by atoms with van der Waals surface area (Å²) in [6.45, 7) is 5.75. The zero-order valence-electron chi connectivity index (χ0n) is 15.2. The number of benzene rings is 1. The molecular weight excluding hydrogens is 318 g/mol. The average molecular weight is 347 g/mol. The summed E-state index contributed by atoms with van der Waals surface area (Å²) in [4.78, 5) is 2.25. The Morgan fingerprint density at radius 2 is 2.04 bits per heavy atom. The van der Waals surface area contributed by atoms with Crippen molar-refractivity contribution in [3.05, 3.63) is 59.5 Å². The van der Waals surface area contributed by atoms with Crippen LogP contribution in [0.25, 0.3) is 0 Å². The molecule has 1 atom stereocenters. The van der Waals surface area contributed by atoms with E-state index in [1.807, 2.05) is 18.2 Å². The van der Waals surface area contributed by atoms with E-state index in [-0.39, 0.29) is 6.61 Å². The lowest BCUT2D eigenvalue weighted by molar-refractivity contribution is 0.00279. The fourth-order valence-corrected chi connectivity index (χ4v) is 2.74. The molecule has 0 unspecified atom stereocenters. The number of aryl methyl sites for hydroxylation is 1. The number of ether oxygens (including phenoxy) is 2. The minimum atomic E-state index is -0.540. The van der Waals surface area contributed by atoms with E-state index in [1.54, 1.807) is 13.4 Å². The molecule has 1 N–H and O–H groups in total. The summed E-state index contributed by atoms with van der Waals surface area (Å²) in [7, 11) is 1.71. The molecule has 1 aromatic heterocycles. The molecule has 0 aliphatic rings. The maximum Gasteiger partial charge on any atom is 0.129 e. The Kier molecular flexibility index (Phi) is 8.69. The van der Waals surface area contributed by atoms with Gasteiger partial charge in [-0.05, 0) is 36.6 Å². The zero-order valence-corrected chi connectivity index (χ0v) is 15.2. The average Bonchev–Trinajstić information content (AvgIpc) is 3.10. The standard InChI is InChI=1S/C20H29NO4/c1-17-7-3-4-8-18(17)13-21(10-6-11-23-2)14-19(22)15-24-16-20-9-5-12-25-20/h3-5,7-9,12,19,22H,6,10-11,13-16H2,1-2H3/t19-/m1/s1. The van der Waals surface area contributed by atoms with Gasteiger partial charge in [0.25, 0.3) is 0 Å². The summed E-state index contributed by atoms with van der Waals surface area (Å²) in [6.07, 6.45) is 2.01. The lowest BCUT2D eigenvalue weighted by Gasteiger charge is -2.25. The van der Waals surface area contributed by atoms with Crippen molar-refractivity contribution >= 4 is 0 Å². The Balaban J connectivity index is 1.82. The van der Waals surface area contributed by atoms with Crippen LogP contribution in [0.2, 0.25) is 0 Å². The Bertz CT molecular complexity index is 585. The minimum absolute atomic E-state index is 0.287. The van der Waals surface area contributed by atoms with Gasteiger partial charge in [0.15, 0.2) is 0 Å². The smallest absolute Gasteiger partial charge is 0.129 e. The van der Waals surface area contributed by atoms with Gasteiger partial charge >= 0.3 is 0 Å². The number of aliphatic hydroxyl groups excluding tert-OH is 1. The van der Waals surface area contributed by atoms with Crippen molar-refractivity contribution in [2.75, 3.05) is 33.4 Å². The summed E-state index contributed by atoms with van der Waals surface area (Å²) >= 11 is 0. The van der Waals surface area contributed by atoms with E-state index in [9.17, 15) is 5.11 Å². The molecule has 1 heterocycles. The maximum absolute atomic E-state index is 10.3. The van der Waals surface area contributed by atoms with Crippen LogP contribution in [0, 0.1) is 6.92 Å². The van der Waals surface area contributed by atoms with Crippen molar-refractivity contribution in [1.29, 1.82) is 0 Å². The van der Waals surface area contributed by atoms with Crippen LogP contribution in [0.5, 0.6) is 0 Å². The zero-order chi connectivity index (χ0) is 17.9. The number of nitrogens with zero attached hydrogens (tertiary/aromatic N) is 1. The highest BCUT2D eigenvalue weighted by atomic mass is 16.5. The van der Waals surface area contributed by atoms with Crippen LogP contribution in [0.3, 0.4) is 0 Å². The van der Waals surface area contributed by atoms with E-state index in [0.29, 0.717) is 13.2 Å². The third kappa shape index (κ3) is 7.40. The van der Waals surface area contributed by atoms with E-state index in [0.717, 1.165) is 31.9 Å². The second-order valence-corrected chi connectivity index (χ2v) is 6.26. The topological polar surface area (TPSA) is 55.1 Å². The largest absolute Gasteiger partial charge is 0.467 e. The van der Waals surface area contributed by atoms with Crippen molar-refractivity contribution in [3.8, 4) is 0 Å². The predicted octanol–water partition coefficient (Wildman–Crippen LogP) is 3.00. The maximum atomic E-state index is 10.3. The molecule has 2 aromatic rings. The highest BCUT2D eigenvalue weighted by Crippen LogP contribution is 2.12. The molecule has 0 bridgehead atoms. The molecule has 0 spiro atoms. The molecule has 1 aromatic carbocycles. The number of rotatable bonds is 12. The summed E-state index contributed by atoms with van der Waals surface area (Å²) in [5.41, 5.74) is 2.55. The number of hydrogen-bond donors (Lipinski definition) is 1. The summed E-state index contributed by atoms with van der Waals surface area (Å²) < 4.78 is 15.9. The van der Waals surface area contributed by atoms with Gasteiger partial charge in [0.2, 0.25) is 0 Å². The molecule has 0 fully saturated rings. The third-order valence-electron chi connectivity index (χ3n) is 4.08. The molecule has 5 nitrogen and oxygen atoms in total. The van der Waals surface area contributed by atoms with Crippen molar-refractivity contribution in [2.24, 2.45) is 0 Å². The highest BCUT2D eigenvalue weighted by molar-refractivity contribution is 5.25. The molecule has 25 heavy (non-hydrogen) atoms. The Morgan fingerprint density at radius 1 is 1.20 bits per heavy atom. The highest BCUT2D eigenvalue weighted by Gasteiger charge is 2.14. The van der Waals surface area contributed by atoms with Gasteiger partial charge in [0, 0.05) is 33.4 Å². The number of methoxy groups -OCH3 is 1. The quantitative estimate of drug-likeness (QED) is 0.598. The second kappa shape index (κ2) is 11.1. The first-order valence-corrected chi connectivity index (χ1v) is 8.73. The van der Waals surface area contributed by atoms with E-state index in [1.165, 1.54) is 11.1 Å². The van der Waals surface area contributed by atoms with Crippen molar-refractivity contribution in [3.63, 3.8) is 0 Å². The molecule has 0 saturated carbocycles. The van der Waals surface area contributed by atoms with Gasteiger partial charge in [0.1, 0.15) is 12.4 Å². The fourth-order valence-electron chi connectivity index (χ4n) is 2.74. The lowest BCUT2D eigenvalue weighted by Crippen LogP contribution is -2.35. The van der Waals surface area contributed by atoms with Gasteiger partial charge < -0.3 is 19.0 Å². The molecule has 0 radical (unpaired) electrons. The molecule has 0 aliphatic carbocycles. The Labute approximate surface area is 150 Å². The molecule has 138 valence electrons. The van der Waals surface area contributed by atoms with Gasteiger partial charge in [-0.25, -0.2) is 0 Å². The molecule has 0 amide bonds. The van der Waals surface area contributed by atoms with Crippen LogP contribution < -0.4 is 0 Å². The van der Waals surface area contributed by atoms with Crippen LogP contribution in [-0.4, -0.2) is 49.5 Å². The van der Waals surface area contributed by atoms with Gasteiger partial charge in [-0.15, -0.1) is 0 Å². The van der Waals surface area contributed by atoms with Crippen LogP contribution in [0.1, 0.15) is 23.3 Å². The summed E-state index contributed by atoms with van der Waals surface area (Å²) in [5, 5.41) is 10.3. The summed E-state index contributed by atoms with van der Waals surface area (Å²) in [6, 6.07) is 12.0. The third-order valence-corrected chi connectivity index (χ3v) is 4.08. The van der Waals surface area contributed by atoms with Gasteiger partial charge in [-0.1, -0.05) is 24.3 Å². The van der Waals surface area contributed by atoms with Gasteiger partial charge in [-0.3, -0.25) is 4.90 Å². The molecular formula is C20H29NO4.